The molecule has 0 atom stereocenters. The second kappa shape index (κ2) is 12.8. The van der Waals surface area contributed by atoms with E-state index in [1.54, 1.807) is 0 Å². The summed E-state index contributed by atoms with van der Waals surface area (Å²) in [5.41, 5.74) is 1.26. The Bertz CT molecular complexity index is 728. The molecule has 3 rings (SSSR count). The number of ether oxygens (including phenoxy) is 3. The molecule has 182 valence electrons. The number of hydrogen-bond acceptors (Lipinski definition) is 5. The van der Waals surface area contributed by atoms with E-state index in [-0.39, 0.29) is 29.4 Å². The van der Waals surface area contributed by atoms with E-state index < -0.39 is 0 Å². The van der Waals surface area contributed by atoms with Crippen LogP contribution in [-0.2, 0) is 10.2 Å². The summed E-state index contributed by atoms with van der Waals surface area (Å²) in [6.45, 7) is 13.7. The van der Waals surface area contributed by atoms with Crippen molar-refractivity contribution in [2.75, 3.05) is 46.7 Å². The molecule has 0 unspecified atom stereocenters. The summed E-state index contributed by atoms with van der Waals surface area (Å²) >= 11 is 0. The smallest absolute Gasteiger partial charge is 0.231 e. The summed E-state index contributed by atoms with van der Waals surface area (Å²) in [4.78, 5) is 6.97. The molecule has 0 saturated carbocycles. The third-order valence-electron chi connectivity index (χ3n) is 6.46. The minimum absolute atomic E-state index is 0. The Balaban J connectivity index is 0.00000363. The molecule has 0 bridgehead atoms. The minimum Gasteiger partial charge on any atom is -0.454 e. The molecule has 1 aromatic rings. The summed E-state index contributed by atoms with van der Waals surface area (Å²) in [6.07, 6.45) is 3.01. The lowest BCUT2D eigenvalue weighted by molar-refractivity contribution is 0.0513. The quantitative estimate of drug-likeness (QED) is 0.208. The first kappa shape index (κ1) is 27.0. The topological polar surface area (TPSA) is 67.4 Å². The largest absolute Gasteiger partial charge is 0.454 e. The van der Waals surface area contributed by atoms with Gasteiger partial charge >= 0.3 is 0 Å². The van der Waals surface area contributed by atoms with Crippen molar-refractivity contribution in [2.45, 2.75) is 64.5 Å². The molecule has 0 radical (unpaired) electrons. The molecule has 2 N–H and O–H groups in total. The highest BCUT2D eigenvalue weighted by molar-refractivity contribution is 14.0. The van der Waals surface area contributed by atoms with Crippen molar-refractivity contribution in [3.63, 3.8) is 0 Å². The first-order chi connectivity index (χ1) is 14.9. The van der Waals surface area contributed by atoms with Gasteiger partial charge in [0.1, 0.15) is 0 Å². The molecule has 2 aliphatic rings. The van der Waals surface area contributed by atoms with Crippen LogP contribution >= 0.6 is 24.0 Å². The van der Waals surface area contributed by atoms with E-state index in [9.17, 15) is 0 Å². The van der Waals surface area contributed by atoms with Crippen LogP contribution in [0.2, 0.25) is 0 Å². The number of aliphatic imine (C=N–C) groups is 1. The lowest BCUT2D eigenvalue weighted by atomic mass is 9.74. The number of halogens is 1. The fourth-order valence-corrected chi connectivity index (χ4v) is 4.61. The van der Waals surface area contributed by atoms with Gasteiger partial charge in [0.2, 0.25) is 6.79 Å². The maximum atomic E-state index is 5.68. The number of benzene rings is 1. The van der Waals surface area contributed by atoms with E-state index in [1.165, 1.54) is 5.56 Å². The molecule has 32 heavy (non-hydrogen) atoms. The number of guanidine groups is 1. The van der Waals surface area contributed by atoms with Crippen molar-refractivity contribution >= 4 is 29.9 Å². The van der Waals surface area contributed by atoms with Gasteiger partial charge in [-0.1, -0.05) is 6.07 Å². The van der Waals surface area contributed by atoms with Crippen LogP contribution in [0.5, 0.6) is 11.5 Å². The normalized spacial score (nSPS) is 17.6. The third kappa shape index (κ3) is 6.87. The monoisotopic (exact) mass is 560 g/mol. The second-order valence-electron chi connectivity index (χ2n) is 9.09. The summed E-state index contributed by atoms with van der Waals surface area (Å²) < 4.78 is 16.8. The number of nitrogens with zero attached hydrogens (tertiary/aromatic N) is 2. The SMILES string of the molecule is CN=C(NCCCN(C(C)C)C(C)C)NCC1(c2ccc3c(c2)OCO3)CCOCC1.I. The van der Waals surface area contributed by atoms with Crippen molar-refractivity contribution in [3.05, 3.63) is 23.8 Å². The minimum atomic E-state index is -0.0110. The highest BCUT2D eigenvalue weighted by atomic mass is 127. The van der Waals surface area contributed by atoms with Gasteiger partial charge in [-0.15, -0.1) is 24.0 Å². The maximum Gasteiger partial charge on any atom is 0.231 e. The second-order valence-corrected chi connectivity index (χ2v) is 9.09. The van der Waals surface area contributed by atoms with Crippen LogP contribution in [0.3, 0.4) is 0 Å². The van der Waals surface area contributed by atoms with Gasteiger partial charge in [0.15, 0.2) is 17.5 Å². The number of rotatable bonds is 9. The molecule has 7 nitrogen and oxygen atoms in total. The fourth-order valence-electron chi connectivity index (χ4n) is 4.61. The van der Waals surface area contributed by atoms with E-state index in [0.717, 1.165) is 69.6 Å². The van der Waals surface area contributed by atoms with Gasteiger partial charge in [0, 0.05) is 57.4 Å². The Hall–Kier alpha value is -1.26. The maximum absolute atomic E-state index is 5.68. The predicted octanol–water partition coefficient (Wildman–Crippen LogP) is 3.76. The van der Waals surface area contributed by atoms with E-state index in [1.807, 2.05) is 13.1 Å². The zero-order valence-electron chi connectivity index (χ0n) is 20.3. The highest BCUT2D eigenvalue weighted by Gasteiger charge is 2.35. The van der Waals surface area contributed by atoms with Crippen LogP contribution in [0.4, 0.5) is 0 Å². The average molecular weight is 561 g/mol. The molecular weight excluding hydrogens is 519 g/mol. The van der Waals surface area contributed by atoms with E-state index in [2.05, 4.69) is 60.4 Å². The van der Waals surface area contributed by atoms with Crippen LogP contribution < -0.4 is 20.1 Å². The highest BCUT2D eigenvalue weighted by Crippen LogP contribution is 2.40. The Labute approximate surface area is 210 Å². The number of nitrogens with one attached hydrogen (secondary N) is 2. The molecule has 0 amide bonds. The number of fused-ring (bicyclic) bond motifs is 1. The first-order valence-electron chi connectivity index (χ1n) is 11.6. The summed E-state index contributed by atoms with van der Waals surface area (Å²) in [7, 11) is 1.83. The van der Waals surface area contributed by atoms with Crippen LogP contribution in [0.25, 0.3) is 0 Å². The van der Waals surface area contributed by atoms with Crippen molar-refractivity contribution < 1.29 is 14.2 Å². The van der Waals surface area contributed by atoms with Gasteiger partial charge in [0.05, 0.1) is 0 Å². The molecule has 1 aromatic carbocycles. The molecule has 1 saturated heterocycles. The molecular formula is C24H41IN4O3. The predicted molar refractivity (Wildman–Crippen MR) is 141 cm³/mol. The Morgan fingerprint density at radius 3 is 2.41 bits per heavy atom. The fraction of sp³-hybridized carbons (Fsp3) is 0.708. The van der Waals surface area contributed by atoms with Gasteiger partial charge in [-0.25, -0.2) is 0 Å². The Morgan fingerprint density at radius 2 is 1.75 bits per heavy atom. The summed E-state index contributed by atoms with van der Waals surface area (Å²) in [5.74, 6) is 2.52. The van der Waals surface area contributed by atoms with Gasteiger partial charge in [-0.05, 0) is 64.7 Å². The Kier molecular flexibility index (Phi) is 10.8. The van der Waals surface area contributed by atoms with E-state index in [0.29, 0.717) is 18.9 Å². The molecule has 0 spiro atoms. The van der Waals surface area contributed by atoms with Gasteiger partial charge in [0.25, 0.3) is 0 Å². The molecule has 0 aliphatic carbocycles. The van der Waals surface area contributed by atoms with Gasteiger partial charge < -0.3 is 24.8 Å². The van der Waals surface area contributed by atoms with E-state index >= 15 is 0 Å². The van der Waals surface area contributed by atoms with Crippen LogP contribution in [-0.4, -0.2) is 69.6 Å². The lowest BCUT2D eigenvalue weighted by Gasteiger charge is -2.38. The Morgan fingerprint density at radius 1 is 1.06 bits per heavy atom. The van der Waals surface area contributed by atoms with Crippen molar-refractivity contribution in [2.24, 2.45) is 4.99 Å². The summed E-state index contributed by atoms with van der Waals surface area (Å²) in [5, 5.41) is 7.07. The molecule has 2 heterocycles. The molecule has 8 heteroatoms. The molecule has 1 fully saturated rings. The molecule has 2 aliphatic heterocycles. The van der Waals surface area contributed by atoms with Crippen molar-refractivity contribution in [1.29, 1.82) is 0 Å². The van der Waals surface area contributed by atoms with Crippen molar-refractivity contribution in [1.82, 2.24) is 15.5 Å². The zero-order chi connectivity index (χ0) is 22.3. The average Bonchev–Trinajstić information content (AvgIpc) is 3.23. The van der Waals surface area contributed by atoms with Crippen LogP contribution in [0.15, 0.2) is 23.2 Å². The molecule has 0 aromatic heterocycles. The lowest BCUT2D eigenvalue weighted by Crippen LogP contribution is -2.48. The summed E-state index contributed by atoms with van der Waals surface area (Å²) in [6, 6.07) is 7.46. The van der Waals surface area contributed by atoms with Crippen LogP contribution in [0, 0.1) is 0 Å². The van der Waals surface area contributed by atoms with Crippen molar-refractivity contribution in [3.8, 4) is 11.5 Å². The zero-order valence-corrected chi connectivity index (χ0v) is 22.6. The van der Waals surface area contributed by atoms with E-state index in [4.69, 9.17) is 14.2 Å². The first-order valence-corrected chi connectivity index (χ1v) is 11.6. The van der Waals surface area contributed by atoms with Crippen LogP contribution in [0.1, 0.15) is 52.5 Å². The van der Waals surface area contributed by atoms with Gasteiger partial charge in [-0.2, -0.15) is 0 Å². The third-order valence-corrected chi connectivity index (χ3v) is 6.46. The standard InChI is InChI=1S/C24H40N4O3.HI/c1-18(2)28(19(3)4)12-6-11-26-23(25-5)27-16-24(9-13-29-14-10-24)20-7-8-21-22(15-20)31-17-30-21;/h7-8,15,18-19H,6,9-14,16-17H2,1-5H3,(H2,25,26,27);1H. The van der Waals surface area contributed by atoms with Gasteiger partial charge in [-0.3, -0.25) is 9.89 Å². The number of hydrogen-bond donors (Lipinski definition) is 2.